The van der Waals surface area contributed by atoms with E-state index in [4.69, 9.17) is 15.2 Å². The standard InChI is InChI=1S/C13H19NO4/c1-13(2,12(16)18-4)11(14)9-6-5-8(17-3)7-10(9)15/h5-7,11,15H,14H2,1-4H3/t11-/m1/s1. The highest BCUT2D eigenvalue weighted by Gasteiger charge is 2.37. The first-order valence-corrected chi connectivity index (χ1v) is 5.55. The molecule has 0 radical (unpaired) electrons. The summed E-state index contributed by atoms with van der Waals surface area (Å²) in [7, 11) is 2.82. The first kappa shape index (κ1) is 14.3. The Hall–Kier alpha value is -1.75. The molecule has 5 nitrogen and oxygen atoms in total. The Labute approximate surface area is 107 Å². The zero-order valence-electron chi connectivity index (χ0n) is 11.1. The number of hydrogen-bond acceptors (Lipinski definition) is 5. The van der Waals surface area contributed by atoms with Gasteiger partial charge >= 0.3 is 5.97 Å². The van der Waals surface area contributed by atoms with Gasteiger partial charge in [0, 0.05) is 17.7 Å². The summed E-state index contributed by atoms with van der Waals surface area (Å²) in [5, 5.41) is 9.90. The third-order valence-electron chi connectivity index (χ3n) is 3.06. The minimum Gasteiger partial charge on any atom is -0.507 e. The number of nitrogens with two attached hydrogens (primary N) is 1. The van der Waals surface area contributed by atoms with Crippen molar-refractivity contribution >= 4 is 5.97 Å². The second-order valence-electron chi connectivity index (χ2n) is 4.62. The molecule has 0 spiro atoms. The Balaban J connectivity index is 3.11. The van der Waals surface area contributed by atoms with E-state index in [-0.39, 0.29) is 5.75 Å². The van der Waals surface area contributed by atoms with Crippen molar-refractivity contribution in [3.05, 3.63) is 23.8 Å². The van der Waals surface area contributed by atoms with Gasteiger partial charge in [-0.25, -0.2) is 0 Å². The van der Waals surface area contributed by atoms with E-state index in [0.717, 1.165) is 0 Å². The fraction of sp³-hybridized carbons (Fsp3) is 0.462. The number of rotatable bonds is 4. The molecular formula is C13H19NO4. The van der Waals surface area contributed by atoms with E-state index in [1.165, 1.54) is 20.3 Å². The van der Waals surface area contributed by atoms with Gasteiger partial charge in [0.15, 0.2) is 0 Å². The summed E-state index contributed by atoms with van der Waals surface area (Å²) in [6, 6.07) is 4.12. The lowest BCUT2D eigenvalue weighted by atomic mass is 9.80. The molecule has 100 valence electrons. The van der Waals surface area contributed by atoms with E-state index in [2.05, 4.69) is 0 Å². The molecule has 1 aromatic carbocycles. The van der Waals surface area contributed by atoms with Crippen LogP contribution in [-0.4, -0.2) is 25.3 Å². The van der Waals surface area contributed by atoms with E-state index in [1.54, 1.807) is 26.0 Å². The number of benzene rings is 1. The lowest BCUT2D eigenvalue weighted by Gasteiger charge is -2.29. The fourth-order valence-electron chi connectivity index (χ4n) is 1.69. The monoisotopic (exact) mass is 253 g/mol. The van der Waals surface area contributed by atoms with Crippen LogP contribution in [0.25, 0.3) is 0 Å². The molecule has 1 aromatic rings. The van der Waals surface area contributed by atoms with Crippen molar-refractivity contribution in [2.75, 3.05) is 14.2 Å². The normalized spacial score (nSPS) is 12.9. The van der Waals surface area contributed by atoms with Crippen LogP contribution < -0.4 is 10.5 Å². The Morgan fingerprint density at radius 3 is 2.44 bits per heavy atom. The first-order valence-electron chi connectivity index (χ1n) is 5.55. The number of aromatic hydroxyl groups is 1. The molecule has 0 saturated carbocycles. The second-order valence-corrected chi connectivity index (χ2v) is 4.62. The highest BCUT2D eigenvalue weighted by Crippen LogP contribution is 2.37. The second kappa shape index (κ2) is 5.27. The van der Waals surface area contributed by atoms with Crippen LogP contribution >= 0.6 is 0 Å². The van der Waals surface area contributed by atoms with Gasteiger partial charge in [-0.15, -0.1) is 0 Å². The van der Waals surface area contributed by atoms with E-state index < -0.39 is 17.4 Å². The summed E-state index contributed by atoms with van der Waals surface area (Å²) in [5.41, 5.74) is 5.59. The maximum absolute atomic E-state index is 11.7. The number of phenolic OH excluding ortho intramolecular Hbond substituents is 1. The Morgan fingerprint density at radius 2 is 2.00 bits per heavy atom. The van der Waals surface area contributed by atoms with Gasteiger partial charge in [0.25, 0.3) is 0 Å². The topological polar surface area (TPSA) is 81.8 Å². The minimum absolute atomic E-state index is 0.00109. The van der Waals surface area contributed by atoms with Gasteiger partial charge in [-0.3, -0.25) is 4.79 Å². The van der Waals surface area contributed by atoms with Crippen molar-refractivity contribution in [3.63, 3.8) is 0 Å². The summed E-state index contributed by atoms with van der Waals surface area (Å²) in [5.74, 6) is 0.100. The molecule has 0 aliphatic heterocycles. The van der Waals surface area contributed by atoms with Crippen LogP contribution in [0.15, 0.2) is 18.2 Å². The average molecular weight is 253 g/mol. The molecule has 1 atom stereocenters. The van der Waals surface area contributed by atoms with Gasteiger partial charge in [-0.1, -0.05) is 6.07 Å². The number of phenols is 1. The summed E-state index contributed by atoms with van der Waals surface area (Å²) < 4.78 is 9.71. The zero-order chi connectivity index (χ0) is 13.9. The van der Waals surface area contributed by atoms with Crippen LogP contribution in [-0.2, 0) is 9.53 Å². The molecule has 1 rings (SSSR count). The van der Waals surface area contributed by atoms with Crippen LogP contribution in [0.4, 0.5) is 0 Å². The highest BCUT2D eigenvalue weighted by atomic mass is 16.5. The number of carbonyl (C=O) groups excluding carboxylic acids is 1. The molecule has 18 heavy (non-hydrogen) atoms. The molecule has 0 fully saturated rings. The summed E-state index contributed by atoms with van der Waals surface area (Å²) >= 11 is 0. The van der Waals surface area contributed by atoms with Gasteiger partial charge in [0.1, 0.15) is 11.5 Å². The van der Waals surface area contributed by atoms with Crippen molar-refractivity contribution in [1.29, 1.82) is 0 Å². The fourth-order valence-corrected chi connectivity index (χ4v) is 1.69. The number of hydrogen-bond donors (Lipinski definition) is 2. The Bertz CT molecular complexity index is 443. The van der Waals surface area contributed by atoms with E-state index in [9.17, 15) is 9.90 Å². The van der Waals surface area contributed by atoms with Gasteiger partial charge in [-0.2, -0.15) is 0 Å². The SMILES string of the molecule is COC(=O)C(C)(C)[C@H](N)c1ccc(OC)cc1O. The molecule has 0 saturated heterocycles. The molecular weight excluding hydrogens is 234 g/mol. The number of carbonyl (C=O) groups is 1. The number of esters is 1. The zero-order valence-corrected chi connectivity index (χ0v) is 11.1. The molecule has 0 aliphatic carbocycles. The minimum atomic E-state index is -0.930. The maximum Gasteiger partial charge on any atom is 0.313 e. The third-order valence-corrected chi connectivity index (χ3v) is 3.06. The van der Waals surface area contributed by atoms with Crippen LogP contribution in [0.2, 0.25) is 0 Å². The quantitative estimate of drug-likeness (QED) is 0.796. The molecule has 3 N–H and O–H groups in total. The predicted octanol–water partition coefficient (Wildman–Crippen LogP) is 1.60. The van der Waals surface area contributed by atoms with Crippen LogP contribution in [0.1, 0.15) is 25.5 Å². The Kier molecular flexibility index (Phi) is 4.19. The van der Waals surface area contributed by atoms with Gasteiger partial charge in [0.05, 0.1) is 19.6 Å². The largest absolute Gasteiger partial charge is 0.507 e. The van der Waals surface area contributed by atoms with Gasteiger partial charge < -0.3 is 20.3 Å². The highest BCUT2D eigenvalue weighted by molar-refractivity contribution is 5.77. The molecule has 0 amide bonds. The predicted molar refractivity (Wildman–Crippen MR) is 67.4 cm³/mol. The lowest BCUT2D eigenvalue weighted by Crippen LogP contribution is -2.37. The average Bonchev–Trinajstić information content (AvgIpc) is 2.36. The summed E-state index contributed by atoms with van der Waals surface area (Å²) in [6.07, 6.45) is 0. The molecule has 0 aromatic heterocycles. The summed E-state index contributed by atoms with van der Waals surface area (Å²) in [4.78, 5) is 11.7. The first-order chi connectivity index (χ1) is 8.34. The van der Waals surface area contributed by atoms with Gasteiger partial charge in [0.2, 0.25) is 0 Å². The Morgan fingerprint density at radius 1 is 1.39 bits per heavy atom. The molecule has 5 heteroatoms. The molecule has 0 heterocycles. The molecule has 0 unspecified atom stereocenters. The summed E-state index contributed by atoms with van der Waals surface area (Å²) in [6.45, 7) is 3.35. The van der Waals surface area contributed by atoms with E-state index in [0.29, 0.717) is 11.3 Å². The van der Waals surface area contributed by atoms with Crippen molar-refractivity contribution in [2.24, 2.45) is 11.1 Å². The molecule has 0 bridgehead atoms. The van der Waals surface area contributed by atoms with E-state index >= 15 is 0 Å². The van der Waals surface area contributed by atoms with Crippen molar-refractivity contribution in [2.45, 2.75) is 19.9 Å². The van der Waals surface area contributed by atoms with Crippen LogP contribution in [0, 0.1) is 5.41 Å². The lowest BCUT2D eigenvalue weighted by molar-refractivity contribution is -0.152. The van der Waals surface area contributed by atoms with E-state index in [1.807, 2.05) is 0 Å². The van der Waals surface area contributed by atoms with Crippen molar-refractivity contribution in [3.8, 4) is 11.5 Å². The van der Waals surface area contributed by atoms with Crippen molar-refractivity contribution < 1.29 is 19.4 Å². The smallest absolute Gasteiger partial charge is 0.313 e. The van der Waals surface area contributed by atoms with Crippen LogP contribution in [0.5, 0.6) is 11.5 Å². The third kappa shape index (κ3) is 2.56. The molecule has 0 aliphatic rings. The number of ether oxygens (including phenoxy) is 2. The van der Waals surface area contributed by atoms with Gasteiger partial charge in [-0.05, 0) is 19.9 Å². The number of methoxy groups -OCH3 is 2. The maximum atomic E-state index is 11.7. The van der Waals surface area contributed by atoms with Crippen LogP contribution in [0.3, 0.4) is 0 Å². The van der Waals surface area contributed by atoms with Crippen molar-refractivity contribution in [1.82, 2.24) is 0 Å².